The Hall–Kier alpha value is -0.730. The van der Waals surface area contributed by atoms with Gasteiger partial charge in [0.05, 0.1) is 0 Å². The van der Waals surface area contributed by atoms with Crippen LogP contribution in [0.15, 0.2) is 0 Å². The zero-order valence-electron chi connectivity index (χ0n) is 11.0. The van der Waals surface area contributed by atoms with E-state index in [1.54, 1.807) is 4.90 Å². The van der Waals surface area contributed by atoms with Crippen molar-refractivity contribution in [1.82, 2.24) is 4.90 Å². The van der Waals surface area contributed by atoms with Crippen molar-refractivity contribution >= 4 is 6.09 Å². The number of rotatable bonds is 3. The molecule has 0 aromatic heterocycles. The molecule has 0 radical (unpaired) electrons. The van der Waals surface area contributed by atoms with Crippen LogP contribution in [-0.4, -0.2) is 30.2 Å². The molecule has 2 unspecified atom stereocenters. The van der Waals surface area contributed by atoms with Crippen LogP contribution in [0.1, 0.15) is 47.0 Å². The second-order valence-electron chi connectivity index (χ2n) is 5.10. The van der Waals surface area contributed by atoms with Gasteiger partial charge in [0.2, 0.25) is 0 Å². The Morgan fingerprint density at radius 2 is 1.62 bits per heavy atom. The fourth-order valence-corrected chi connectivity index (χ4v) is 2.67. The molecule has 0 aromatic rings. The van der Waals surface area contributed by atoms with Crippen LogP contribution < -0.4 is 0 Å². The first-order valence-electron chi connectivity index (χ1n) is 6.52. The summed E-state index contributed by atoms with van der Waals surface area (Å²) in [7, 11) is 0. The summed E-state index contributed by atoms with van der Waals surface area (Å²) >= 11 is 0. The number of amides is 1. The van der Waals surface area contributed by atoms with Crippen molar-refractivity contribution in [3.8, 4) is 0 Å². The van der Waals surface area contributed by atoms with Crippen molar-refractivity contribution in [3.63, 3.8) is 0 Å². The summed E-state index contributed by atoms with van der Waals surface area (Å²) in [5, 5.41) is 0. The molecule has 0 spiro atoms. The number of hydrogen-bond acceptors (Lipinski definition) is 2. The maximum atomic E-state index is 11.8. The van der Waals surface area contributed by atoms with Crippen LogP contribution in [0.5, 0.6) is 0 Å². The molecule has 2 atom stereocenters. The molecule has 3 heteroatoms. The lowest BCUT2D eigenvalue weighted by molar-refractivity contribution is 0.0258. The summed E-state index contributed by atoms with van der Waals surface area (Å²) in [5.74, 6) is 1.36. The van der Waals surface area contributed by atoms with E-state index in [1.807, 2.05) is 13.8 Å². The first-order valence-corrected chi connectivity index (χ1v) is 6.52. The van der Waals surface area contributed by atoms with Crippen LogP contribution in [0.2, 0.25) is 0 Å². The van der Waals surface area contributed by atoms with E-state index in [2.05, 4.69) is 13.8 Å². The average Bonchev–Trinajstić information content (AvgIpc) is 2.17. The van der Waals surface area contributed by atoms with Crippen molar-refractivity contribution in [2.75, 3.05) is 13.1 Å². The molecule has 0 saturated heterocycles. The highest BCUT2D eigenvalue weighted by Gasteiger charge is 2.27. The van der Waals surface area contributed by atoms with Crippen LogP contribution in [0, 0.1) is 11.8 Å². The maximum absolute atomic E-state index is 11.8. The Balaban J connectivity index is 2.43. The quantitative estimate of drug-likeness (QED) is 0.740. The topological polar surface area (TPSA) is 29.5 Å². The molecule has 94 valence electrons. The zero-order chi connectivity index (χ0) is 12.1. The van der Waals surface area contributed by atoms with Gasteiger partial charge in [-0.05, 0) is 44.9 Å². The first-order chi connectivity index (χ1) is 7.56. The van der Waals surface area contributed by atoms with E-state index in [0.717, 1.165) is 25.9 Å². The smallest absolute Gasteiger partial charge is 0.410 e. The highest BCUT2D eigenvalue weighted by atomic mass is 16.6. The van der Waals surface area contributed by atoms with Gasteiger partial charge in [-0.25, -0.2) is 4.79 Å². The molecular formula is C13H25NO2. The van der Waals surface area contributed by atoms with Crippen molar-refractivity contribution in [3.05, 3.63) is 0 Å². The maximum Gasteiger partial charge on any atom is 0.410 e. The van der Waals surface area contributed by atoms with Gasteiger partial charge in [-0.3, -0.25) is 0 Å². The standard InChI is InChI=1S/C13H25NO2/c1-5-14(6-2)13(15)16-12-8-10(3)7-11(4)9-12/h10-12H,5-9H2,1-4H3. The third kappa shape index (κ3) is 3.69. The van der Waals surface area contributed by atoms with Crippen LogP contribution in [0.3, 0.4) is 0 Å². The molecule has 0 N–H and O–H groups in total. The largest absolute Gasteiger partial charge is 0.446 e. The third-order valence-corrected chi connectivity index (χ3v) is 3.42. The fraction of sp³-hybridized carbons (Fsp3) is 0.923. The second kappa shape index (κ2) is 6.12. The SMILES string of the molecule is CCN(CC)C(=O)OC1CC(C)CC(C)C1. The summed E-state index contributed by atoms with van der Waals surface area (Å²) in [6.45, 7) is 9.91. The molecular weight excluding hydrogens is 202 g/mol. The van der Waals surface area contributed by atoms with E-state index in [0.29, 0.717) is 11.8 Å². The van der Waals surface area contributed by atoms with E-state index >= 15 is 0 Å². The van der Waals surface area contributed by atoms with E-state index in [9.17, 15) is 4.79 Å². The molecule has 0 heterocycles. The van der Waals surface area contributed by atoms with Crippen molar-refractivity contribution in [2.45, 2.75) is 53.1 Å². The predicted molar refractivity (Wildman–Crippen MR) is 65.4 cm³/mol. The van der Waals surface area contributed by atoms with Gasteiger partial charge in [-0.15, -0.1) is 0 Å². The van der Waals surface area contributed by atoms with Gasteiger partial charge >= 0.3 is 6.09 Å². The zero-order valence-corrected chi connectivity index (χ0v) is 11.0. The molecule has 1 rings (SSSR count). The molecule has 0 bridgehead atoms. The monoisotopic (exact) mass is 227 g/mol. The van der Waals surface area contributed by atoms with E-state index in [-0.39, 0.29) is 12.2 Å². The number of carbonyl (C=O) groups is 1. The number of ether oxygens (including phenoxy) is 1. The lowest BCUT2D eigenvalue weighted by atomic mass is 9.82. The molecule has 16 heavy (non-hydrogen) atoms. The van der Waals surface area contributed by atoms with Crippen molar-refractivity contribution < 1.29 is 9.53 Å². The van der Waals surface area contributed by atoms with Gasteiger partial charge in [0.15, 0.2) is 0 Å². The molecule has 0 aliphatic heterocycles. The second-order valence-corrected chi connectivity index (χ2v) is 5.10. The highest BCUT2D eigenvalue weighted by molar-refractivity contribution is 5.67. The van der Waals surface area contributed by atoms with Crippen molar-refractivity contribution in [2.24, 2.45) is 11.8 Å². The van der Waals surface area contributed by atoms with Gasteiger partial charge < -0.3 is 9.64 Å². The fourth-order valence-electron chi connectivity index (χ4n) is 2.67. The Morgan fingerprint density at radius 3 is 2.06 bits per heavy atom. The molecule has 1 aliphatic carbocycles. The molecule has 0 aromatic carbocycles. The van der Waals surface area contributed by atoms with Crippen LogP contribution in [0.25, 0.3) is 0 Å². The normalized spacial score (nSPS) is 29.9. The summed E-state index contributed by atoms with van der Waals surface area (Å²) in [6, 6.07) is 0. The average molecular weight is 227 g/mol. The number of carbonyl (C=O) groups excluding carboxylic acids is 1. The minimum atomic E-state index is -0.142. The van der Waals surface area contributed by atoms with Gasteiger partial charge in [-0.1, -0.05) is 13.8 Å². The number of nitrogens with zero attached hydrogens (tertiary/aromatic N) is 1. The molecule has 1 fully saturated rings. The van der Waals surface area contributed by atoms with E-state index in [4.69, 9.17) is 4.74 Å². The van der Waals surface area contributed by atoms with Gasteiger partial charge in [0.1, 0.15) is 6.10 Å². The van der Waals surface area contributed by atoms with Gasteiger partial charge in [0, 0.05) is 13.1 Å². The van der Waals surface area contributed by atoms with Crippen LogP contribution in [-0.2, 0) is 4.74 Å². The highest BCUT2D eigenvalue weighted by Crippen LogP contribution is 2.30. The molecule has 1 aliphatic rings. The minimum Gasteiger partial charge on any atom is -0.446 e. The van der Waals surface area contributed by atoms with Gasteiger partial charge in [-0.2, -0.15) is 0 Å². The number of hydrogen-bond donors (Lipinski definition) is 0. The third-order valence-electron chi connectivity index (χ3n) is 3.42. The van der Waals surface area contributed by atoms with Crippen molar-refractivity contribution in [1.29, 1.82) is 0 Å². The Kier molecular flexibility index (Phi) is 5.10. The molecule has 1 saturated carbocycles. The Bertz CT molecular complexity index is 216. The first kappa shape index (κ1) is 13.3. The summed E-state index contributed by atoms with van der Waals surface area (Å²) < 4.78 is 5.56. The summed E-state index contributed by atoms with van der Waals surface area (Å²) in [5.41, 5.74) is 0. The van der Waals surface area contributed by atoms with Crippen LogP contribution >= 0.6 is 0 Å². The Morgan fingerprint density at radius 1 is 1.12 bits per heavy atom. The summed E-state index contributed by atoms with van der Waals surface area (Å²) in [6.07, 6.45) is 3.30. The molecule has 1 amide bonds. The van der Waals surface area contributed by atoms with E-state index in [1.165, 1.54) is 6.42 Å². The lowest BCUT2D eigenvalue weighted by Gasteiger charge is -2.32. The Labute approximate surface area is 99.1 Å². The van der Waals surface area contributed by atoms with Gasteiger partial charge in [0.25, 0.3) is 0 Å². The van der Waals surface area contributed by atoms with E-state index < -0.39 is 0 Å². The predicted octanol–water partition coefficient (Wildman–Crippen LogP) is 3.29. The van der Waals surface area contributed by atoms with Crippen LogP contribution in [0.4, 0.5) is 4.79 Å². The molecule has 3 nitrogen and oxygen atoms in total. The summed E-state index contributed by atoms with van der Waals surface area (Å²) in [4.78, 5) is 13.5. The lowest BCUT2D eigenvalue weighted by Crippen LogP contribution is -2.36. The minimum absolute atomic E-state index is 0.131.